The number of nitrogens with zero attached hydrogens (tertiary/aromatic N) is 2. The molecule has 1 atom stereocenters. The number of carbonyl (C=O) groups is 1. The number of nitrogens with two attached hydrogens (primary N) is 1. The zero-order valence-electron chi connectivity index (χ0n) is 9.63. The van der Waals surface area contributed by atoms with Gasteiger partial charge in [0.05, 0.1) is 5.41 Å². The number of carbonyl (C=O) groups excluding carboxylic acids is 1. The number of rotatable bonds is 4. The second kappa shape index (κ2) is 5.62. The van der Waals surface area contributed by atoms with Crippen LogP contribution in [0, 0.1) is 5.41 Å². The molecule has 0 radical (unpaired) electrons. The molecule has 1 rings (SSSR count). The van der Waals surface area contributed by atoms with Gasteiger partial charge >= 0.3 is 0 Å². The number of halogens is 2. The van der Waals surface area contributed by atoms with Crippen molar-refractivity contribution in [1.82, 2.24) is 9.97 Å². The standard InChI is InChI=1S/C10H14Cl2N4O/c1-3-10(2,4-13)9(17)16-6-7(11)14-5-15-8(6)12/h5H,3-4,13H2,1-2H3,(H,16,17). The Morgan fingerprint density at radius 3 is 2.41 bits per heavy atom. The van der Waals surface area contributed by atoms with Gasteiger partial charge in [-0.3, -0.25) is 4.79 Å². The highest BCUT2D eigenvalue weighted by atomic mass is 35.5. The first-order valence-electron chi connectivity index (χ1n) is 5.12. The van der Waals surface area contributed by atoms with E-state index in [0.717, 1.165) is 0 Å². The van der Waals surface area contributed by atoms with E-state index in [4.69, 9.17) is 28.9 Å². The van der Waals surface area contributed by atoms with Gasteiger partial charge in [-0.15, -0.1) is 0 Å². The van der Waals surface area contributed by atoms with Crippen LogP contribution < -0.4 is 11.1 Å². The predicted octanol–water partition coefficient (Wildman–Crippen LogP) is 2.10. The maximum absolute atomic E-state index is 12.0. The summed E-state index contributed by atoms with van der Waals surface area (Å²) in [6, 6.07) is 0. The van der Waals surface area contributed by atoms with Crippen LogP contribution in [0.4, 0.5) is 5.69 Å². The van der Waals surface area contributed by atoms with Gasteiger partial charge in [0.15, 0.2) is 10.3 Å². The normalized spacial score (nSPS) is 14.2. The lowest BCUT2D eigenvalue weighted by atomic mass is 9.86. The lowest BCUT2D eigenvalue weighted by molar-refractivity contribution is -0.124. The number of amides is 1. The molecule has 1 aromatic heterocycles. The van der Waals surface area contributed by atoms with E-state index in [1.54, 1.807) is 6.92 Å². The number of nitrogens with one attached hydrogen (secondary N) is 1. The molecule has 0 aliphatic rings. The molecule has 1 amide bonds. The van der Waals surface area contributed by atoms with Gasteiger partial charge in [0, 0.05) is 6.54 Å². The van der Waals surface area contributed by atoms with Crippen molar-refractivity contribution in [3.63, 3.8) is 0 Å². The first kappa shape index (κ1) is 14.2. The SMILES string of the molecule is CCC(C)(CN)C(=O)Nc1c(Cl)ncnc1Cl. The summed E-state index contributed by atoms with van der Waals surface area (Å²) in [5, 5.41) is 2.82. The molecule has 0 aliphatic heterocycles. The monoisotopic (exact) mass is 276 g/mol. The van der Waals surface area contributed by atoms with Crippen molar-refractivity contribution in [3.8, 4) is 0 Å². The number of hydrogen-bond acceptors (Lipinski definition) is 4. The Morgan fingerprint density at radius 1 is 1.47 bits per heavy atom. The average molecular weight is 277 g/mol. The van der Waals surface area contributed by atoms with Crippen molar-refractivity contribution < 1.29 is 4.79 Å². The van der Waals surface area contributed by atoms with Crippen molar-refractivity contribution in [2.24, 2.45) is 11.1 Å². The Hall–Kier alpha value is -0.910. The molecule has 1 heterocycles. The van der Waals surface area contributed by atoms with Crippen LogP contribution in [0.2, 0.25) is 10.3 Å². The zero-order valence-corrected chi connectivity index (χ0v) is 11.1. The molecule has 0 saturated carbocycles. The van der Waals surface area contributed by atoms with E-state index in [-0.39, 0.29) is 28.4 Å². The maximum atomic E-state index is 12.0. The highest BCUT2D eigenvalue weighted by molar-refractivity contribution is 6.38. The third kappa shape index (κ3) is 3.06. The Balaban J connectivity index is 2.96. The Bertz CT molecular complexity index is 401. The lowest BCUT2D eigenvalue weighted by Gasteiger charge is -2.25. The molecule has 0 bridgehead atoms. The van der Waals surface area contributed by atoms with E-state index < -0.39 is 5.41 Å². The number of anilines is 1. The molecular formula is C10H14Cl2N4O. The van der Waals surface area contributed by atoms with Crippen LogP contribution in [0.25, 0.3) is 0 Å². The van der Waals surface area contributed by atoms with Crippen molar-refractivity contribution in [2.75, 3.05) is 11.9 Å². The van der Waals surface area contributed by atoms with Crippen LogP contribution in [0.3, 0.4) is 0 Å². The highest BCUT2D eigenvalue weighted by Crippen LogP contribution is 2.29. The maximum Gasteiger partial charge on any atom is 0.231 e. The van der Waals surface area contributed by atoms with Gasteiger partial charge in [-0.05, 0) is 13.3 Å². The van der Waals surface area contributed by atoms with E-state index in [1.807, 2.05) is 6.92 Å². The minimum absolute atomic E-state index is 0.105. The largest absolute Gasteiger partial charge is 0.329 e. The molecule has 5 nitrogen and oxygen atoms in total. The second-order valence-corrected chi connectivity index (χ2v) is 4.62. The van der Waals surface area contributed by atoms with Gasteiger partial charge in [0.1, 0.15) is 12.0 Å². The van der Waals surface area contributed by atoms with E-state index >= 15 is 0 Å². The summed E-state index contributed by atoms with van der Waals surface area (Å²) < 4.78 is 0. The summed E-state index contributed by atoms with van der Waals surface area (Å²) >= 11 is 11.7. The third-order valence-corrected chi connectivity index (χ3v) is 3.35. The van der Waals surface area contributed by atoms with Crippen LogP contribution in [0.1, 0.15) is 20.3 Å². The van der Waals surface area contributed by atoms with Gasteiger partial charge in [0.25, 0.3) is 0 Å². The van der Waals surface area contributed by atoms with Crippen LogP contribution in [0.15, 0.2) is 6.33 Å². The number of hydrogen-bond donors (Lipinski definition) is 2. The molecular weight excluding hydrogens is 263 g/mol. The van der Waals surface area contributed by atoms with Crippen LogP contribution >= 0.6 is 23.2 Å². The topological polar surface area (TPSA) is 80.9 Å². The Kier molecular flexibility index (Phi) is 4.68. The van der Waals surface area contributed by atoms with Crippen LogP contribution in [-0.4, -0.2) is 22.4 Å². The van der Waals surface area contributed by atoms with E-state index in [9.17, 15) is 4.79 Å². The molecule has 1 aromatic rings. The predicted molar refractivity (Wildman–Crippen MR) is 68.1 cm³/mol. The molecule has 7 heteroatoms. The van der Waals surface area contributed by atoms with Gasteiger partial charge in [-0.2, -0.15) is 0 Å². The minimum atomic E-state index is -0.664. The van der Waals surface area contributed by atoms with Crippen molar-refractivity contribution in [3.05, 3.63) is 16.6 Å². The molecule has 0 aromatic carbocycles. The fourth-order valence-electron chi connectivity index (χ4n) is 1.11. The molecule has 0 aliphatic carbocycles. The smallest absolute Gasteiger partial charge is 0.231 e. The third-order valence-electron chi connectivity index (χ3n) is 2.77. The van der Waals surface area contributed by atoms with Crippen molar-refractivity contribution >= 4 is 34.8 Å². The molecule has 17 heavy (non-hydrogen) atoms. The summed E-state index contributed by atoms with van der Waals surface area (Å²) in [5.74, 6) is -0.249. The molecule has 0 spiro atoms. The summed E-state index contributed by atoms with van der Waals surface area (Å²) in [5.41, 5.74) is 5.14. The first-order chi connectivity index (χ1) is 7.94. The van der Waals surface area contributed by atoms with Crippen LogP contribution in [-0.2, 0) is 4.79 Å². The van der Waals surface area contributed by atoms with Gasteiger partial charge in [0.2, 0.25) is 5.91 Å². The fraction of sp³-hybridized carbons (Fsp3) is 0.500. The Morgan fingerprint density at radius 2 is 2.00 bits per heavy atom. The van der Waals surface area contributed by atoms with Crippen LogP contribution in [0.5, 0.6) is 0 Å². The number of aromatic nitrogens is 2. The molecule has 94 valence electrons. The second-order valence-electron chi connectivity index (χ2n) is 3.90. The van der Waals surface area contributed by atoms with E-state index in [0.29, 0.717) is 6.42 Å². The van der Waals surface area contributed by atoms with Gasteiger partial charge in [-0.1, -0.05) is 30.1 Å². The summed E-state index contributed by atoms with van der Waals surface area (Å²) in [4.78, 5) is 19.5. The zero-order chi connectivity index (χ0) is 13.1. The first-order valence-corrected chi connectivity index (χ1v) is 5.87. The van der Waals surface area contributed by atoms with E-state index in [2.05, 4.69) is 15.3 Å². The van der Waals surface area contributed by atoms with Crippen molar-refractivity contribution in [1.29, 1.82) is 0 Å². The Labute approximate surface area is 110 Å². The summed E-state index contributed by atoms with van der Waals surface area (Å²) in [7, 11) is 0. The molecule has 0 fully saturated rings. The molecule has 1 unspecified atom stereocenters. The lowest BCUT2D eigenvalue weighted by Crippen LogP contribution is -2.39. The summed E-state index contributed by atoms with van der Waals surface area (Å²) in [6.45, 7) is 3.89. The van der Waals surface area contributed by atoms with E-state index in [1.165, 1.54) is 6.33 Å². The summed E-state index contributed by atoms with van der Waals surface area (Å²) in [6.07, 6.45) is 1.83. The molecule has 0 saturated heterocycles. The van der Waals surface area contributed by atoms with Gasteiger partial charge in [-0.25, -0.2) is 9.97 Å². The van der Waals surface area contributed by atoms with Crippen molar-refractivity contribution in [2.45, 2.75) is 20.3 Å². The minimum Gasteiger partial charge on any atom is -0.329 e. The quantitative estimate of drug-likeness (QED) is 0.826. The highest BCUT2D eigenvalue weighted by Gasteiger charge is 2.30. The van der Waals surface area contributed by atoms with Gasteiger partial charge < -0.3 is 11.1 Å². The fourth-order valence-corrected chi connectivity index (χ4v) is 1.52. The molecule has 3 N–H and O–H groups in total. The average Bonchev–Trinajstić information content (AvgIpc) is 2.32.